The van der Waals surface area contributed by atoms with Gasteiger partial charge in [-0.15, -0.1) is 0 Å². The summed E-state index contributed by atoms with van der Waals surface area (Å²) in [6.07, 6.45) is 5.08. The van der Waals surface area contributed by atoms with Gasteiger partial charge in [-0.3, -0.25) is 14.6 Å². The third kappa shape index (κ3) is 4.31. The monoisotopic (exact) mass is 430 g/mol. The quantitative estimate of drug-likeness (QED) is 0.554. The highest BCUT2D eigenvalue weighted by Crippen LogP contribution is 2.41. The molecule has 0 atom stereocenters. The molecule has 32 heavy (non-hydrogen) atoms. The zero-order valence-corrected chi connectivity index (χ0v) is 18.1. The molecule has 3 aromatic rings. The molecule has 0 saturated carbocycles. The zero-order valence-electron chi connectivity index (χ0n) is 18.1. The molecule has 1 aromatic carbocycles. The molecule has 8 heteroatoms. The van der Waals surface area contributed by atoms with Crippen molar-refractivity contribution in [2.24, 2.45) is 5.73 Å². The largest absolute Gasteiger partial charge is 0.365 e. The Morgan fingerprint density at radius 3 is 2.66 bits per heavy atom. The van der Waals surface area contributed by atoms with Gasteiger partial charge in [0, 0.05) is 48.5 Å². The Kier molecular flexibility index (Phi) is 5.87. The first-order valence-corrected chi connectivity index (χ1v) is 10.4. The molecule has 3 heterocycles. The van der Waals surface area contributed by atoms with Crippen LogP contribution in [-0.4, -0.2) is 34.9 Å². The van der Waals surface area contributed by atoms with Crippen LogP contribution in [0.5, 0.6) is 0 Å². The van der Waals surface area contributed by atoms with Crippen molar-refractivity contribution < 1.29 is 9.59 Å². The van der Waals surface area contributed by atoms with Crippen molar-refractivity contribution in [2.45, 2.75) is 25.8 Å². The predicted octanol–water partition coefficient (Wildman–Crippen LogP) is 2.92. The number of aromatic nitrogens is 2. The molecule has 0 saturated heterocycles. The van der Waals surface area contributed by atoms with Crippen LogP contribution in [0.25, 0.3) is 0 Å². The highest BCUT2D eigenvalue weighted by atomic mass is 16.2. The van der Waals surface area contributed by atoms with Crippen LogP contribution in [0.4, 0.5) is 17.2 Å². The lowest BCUT2D eigenvalue weighted by molar-refractivity contribution is -0.117. The van der Waals surface area contributed by atoms with Crippen molar-refractivity contribution in [1.29, 1.82) is 0 Å². The fraction of sp³-hybridized carbons (Fsp3) is 0.250. The number of fused-ring (bicyclic) bond motifs is 1. The fourth-order valence-corrected chi connectivity index (χ4v) is 3.92. The van der Waals surface area contributed by atoms with Crippen molar-refractivity contribution in [3.63, 3.8) is 0 Å². The number of pyridine rings is 2. The first kappa shape index (κ1) is 21.5. The van der Waals surface area contributed by atoms with E-state index in [1.54, 1.807) is 35.6 Å². The maximum absolute atomic E-state index is 13.0. The highest BCUT2D eigenvalue weighted by molar-refractivity contribution is 6.08. The van der Waals surface area contributed by atoms with Gasteiger partial charge in [-0.25, -0.2) is 4.98 Å². The number of nitrogens with zero attached hydrogens (tertiary/aromatic N) is 3. The second kappa shape index (κ2) is 8.76. The molecule has 0 aliphatic carbocycles. The minimum atomic E-state index is -0.288. The Labute approximate surface area is 186 Å². The number of hydrogen-bond acceptors (Lipinski definition) is 6. The molecule has 0 bridgehead atoms. The van der Waals surface area contributed by atoms with Crippen LogP contribution in [0.1, 0.15) is 35.3 Å². The fourth-order valence-electron chi connectivity index (χ4n) is 3.92. The molecule has 2 amide bonds. The second-order valence-electron chi connectivity index (χ2n) is 8.36. The maximum Gasteiger partial charge on any atom is 0.259 e. The van der Waals surface area contributed by atoms with Crippen LogP contribution in [-0.2, 0) is 16.8 Å². The number of amides is 2. The summed E-state index contributed by atoms with van der Waals surface area (Å²) < 4.78 is 0. The van der Waals surface area contributed by atoms with E-state index < -0.39 is 0 Å². The van der Waals surface area contributed by atoms with Crippen molar-refractivity contribution in [3.05, 3.63) is 77.7 Å². The Balaban J connectivity index is 1.55. The van der Waals surface area contributed by atoms with Gasteiger partial charge < -0.3 is 21.3 Å². The Morgan fingerprint density at radius 2 is 1.91 bits per heavy atom. The lowest BCUT2D eigenvalue weighted by Gasteiger charge is -2.20. The summed E-state index contributed by atoms with van der Waals surface area (Å²) in [6.45, 7) is 5.19. The van der Waals surface area contributed by atoms with Crippen LogP contribution < -0.4 is 21.3 Å². The third-order valence-electron chi connectivity index (χ3n) is 5.57. The number of carbonyl (C=O) groups excluding carboxylic acids is 2. The Hall–Kier alpha value is -3.78. The average molecular weight is 431 g/mol. The molecule has 1 aliphatic heterocycles. The summed E-state index contributed by atoms with van der Waals surface area (Å²) >= 11 is 0. The molecule has 8 nitrogen and oxygen atoms in total. The van der Waals surface area contributed by atoms with Gasteiger partial charge in [0.1, 0.15) is 5.82 Å². The van der Waals surface area contributed by atoms with Crippen LogP contribution in [0, 0.1) is 0 Å². The van der Waals surface area contributed by atoms with E-state index in [4.69, 9.17) is 5.73 Å². The molecular weight excluding hydrogens is 404 g/mol. The van der Waals surface area contributed by atoms with Crippen molar-refractivity contribution in [2.75, 3.05) is 28.6 Å². The minimum absolute atomic E-state index is 0.0612. The summed E-state index contributed by atoms with van der Waals surface area (Å²) in [6, 6.07) is 12.9. The Morgan fingerprint density at radius 1 is 1.12 bits per heavy atom. The van der Waals surface area contributed by atoms with Gasteiger partial charge in [0.15, 0.2) is 0 Å². The normalized spacial score (nSPS) is 14.0. The maximum atomic E-state index is 13.0. The van der Waals surface area contributed by atoms with E-state index in [9.17, 15) is 9.59 Å². The summed E-state index contributed by atoms with van der Waals surface area (Å²) in [5, 5.41) is 6.14. The van der Waals surface area contributed by atoms with Crippen LogP contribution >= 0.6 is 0 Å². The van der Waals surface area contributed by atoms with E-state index in [0.717, 1.165) is 16.8 Å². The summed E-state index contributed by atoms with van der Waals surface area (Å²) in [7, 11) is 0. The molecular formula is C24H26N6O2. The third-order valence-corrected chi connectivity index (χ3v) is 5.57. The van der Waals surface area contributed by atoms with Crippen LogP contribution in [0.3, 0.4) is 0 Å². The molecule has 0 fully saturated rings. The van der Waals surface area contributed by atoms with Gasteiger partial charge >= 0.3 is 0 Å². The van der Waals surface area contributed by atoms with E-state index in [-0.39, 0.29) is 23.8 Å². The first-order chi connectivity index (χ1) is 15.4. The van der Waals surface area contributed by atoms with Gasteiger partial charge in [0.05, 0.1) is 12.1 Å². The number of hydrogen-bond donors (Lipinski definition) is 3. The summed E-state index contributed by atoms with van der Waals surface area (Å²) in [5.74, 6) is 0.0587. The lowest BCUT2D eigenvalue weighted by atomic mass is 9.87. The number of anilines is 3. The number of rotatable bonds is 6. The minimum Gasteiger partial charge on any atom is -0.365 e. The average Bonchev–Trinajstić information content (AvgIpc) is 3.08. The van der Waals surface area contributed by atoms with E-state index in [0.29, 0.717) is 30.2 Å². The SMILES string of the molecule is CC1(C)CN(C(=O)CN)c2cc(NC(=O)c3cccnc3NCc3ccncc3)ccc21. The molecule has 0 radical (unpaired) electrons. The van der Waals surface area contributed by atoms with Gasteiger partial charge in [-0.2, -0.15) is 0 Å². The van der Waals surface area contributed by atoms with Gasteiger partial charge in [-0.1, -0.05) is 19.9 Å². The number of nitrogens with two attached hydrogens (primary N) is 1. The van der Waals surface area contributed by atoms with E-state index >= 15 is 0 Å². The topological polar surface area (TPSA) is 113 Å². The van der Waals surface area contributed by atoms with Gasteiger partial charge in [0.2, 0.25) is 5.91 Å². The first-order valence-electron chi connectivity index (χ1n) is 10.4. The zero-order chi connectivity index (χ0) is 22.7. The van der Waals surface area contributed by atoms with E-state index in [1.165, 1.54) is 0 Å². The summed E-state index contributed by atoms with van der Waals surface area (Å²) in [5.41, 5.74) is 9.31. The van der Waals surface area contributed by atoms with Crippen molar-refractivity contribution >= 4 is 29.0 Å². The predicted molar refractivity (Wildman–Crippen MR) is 125 cm³/mol. The molecule has 4 rings (SSSR count). The second-order valence-corrected chi connectivity index (χ2v) is 8.36. The Bertz CT molecular complexity index is 1150. The smallest absolute Gasteiger partial charge is 0.259 e. The molecule has 164 valence electrons. The van der Waals surface area contributed by atoms with E-state index in [1.807, 2.05) is 30.3 Å². The van der Waals surface area contributed by atoms with Crippen LogP contribution in [0.2, 0.25) is 0 Å². The van der Waals surface area contributed by atoms with Crippen LogP contribution in [0.15, 0.2) is 61.1 Å². The number of benzene rings is 1. The molecule has 0 spiro atoms. The van der Waals surface area contributed by atoms with Gasteiger partial charge in [-0.05, 0) is 47.5 Å². The number of nitrogens with one attached hydrogen (secondary N) is 2. The summed E-state index contributed by atoms with van der Waals surface area (Å²) in [4.78, 5) is 35.4. The van der Waals surface area contributed by atoms with Crippen molar-refractivity contribution in [1.82, 2.24) is 9.97 Å². The lowest BCUT2D eigenvalue weighted by Crippen LogP contribution is -2.37. The molecule has 4 N–H and O–H groups in total. The molecule has 0 unspecified atom stereocenters. The van der Waals surface area contributed by atoms with E-state index in [2.05, 4.69) is 34.4 Å². The molecule has 1 aliphatic rings. The standard InChI is InChI=1S/C24H26N6O2/c1-24(2)15-30(21(31)13-25)20-12-17(5-6-19(20)24)29-23(32)18-4-3-9-27-22(18)28-14-16-7-10-26-11-8-16/h3-12H,13-15,25H2,1-2H3,(H,27,28)(H,29,32). The number of carbonyl (C=O) groups is 2. The van der Waals surface area contributed by atoms with Gasteiger partial charge in [0.25, 0.3) is 5.91 Å². The van der Waals surface area contributed by atoms with Crippen molar-refractivity contribution in [3.8, 4) is 0 Å². The highest BCUT2D eigenvalue weighted by Gasteiger charge is 2.37. The molecule has 2 aromatic heterocycles.